The number of piperidine rings is 2. The summed E-state index contributed by atoms with van der Waals surface area (Å²) in [5.74, 6) is -2.62. The monoisotopic (exact) mass is 488 g/mol. The van der Waals surface area contributed by atoms with E-state index in [2.05, 4.69) is 0 Å². The summed E-state index contributed by atoms with van der Waals surface area (Å²) in [5.41, 5.74) is 1.27. The summed E-state index contributed by atoms with van der Waals surface area (Å²) in [4.78, 5) is 29.6. The lowest BCUT2D eigenvalue weighted by atomic mass is 9.83. The number of carbonyl (C=O) groups excluding carboxylic acids is 2. The van der Waals surface area contributed by atoms with Crippen LogP contribution in [0.1, 0.15) is 43.2 Å². The maximum Gasteiger partial charge on any atom is 0.310 e. The number of nitrogens with zero attached hydrogens (tertiary/aromatic N) is 2. The minimum absolute atomic E-state index is 0.0320. The van der Waals surface area contributed by atoms with E-state index in [0.29, 0.717) is 51.2 Å². The number of benzene rings is 2. The lowest BCUT2D eigenvalue weighted by Crippen LogP contribution is -2.50. The molecule has 2 aliphatic rings. The maximum atomic E-state index is 14.4. The fourth-order valence-electron chi connectivity index (χ4n) is 5.25. The Balaban J connectivity index is 1.53. The average Bonchev–Trinajstić information content (AvgIpc) is 2.86. The SMILES string of the molecule is CCOC(=O)C1CCCN(C(=O)C2CC(c3ccc(F)cc3)CN(Cc3ccc(F)cc3F)C2)C1. The first-order valence-corrected chi connectivity index (χ1v) is 12.2. The highest BCUT2D eigenvalue weighted by atomic mass is 19.1. The van der Waals surface area contributed by atoms with Gasteiger partial charge in [-0.3, -0.25) is 14.5 Å². The molecule has 2 heterocycles. The molecule has 8 heteroatoms. The van der Waals surface area contributed by atoms with Crippen molar-refractivity contribution in [2.75, 3.05) is 32.8 Å². The number of amides is 1. The van der Waals surface area contributed by atoms with E-state index in [-0.39, 0.29) is 42.0 Å². The highest BCUT2D eigenvalue weighted by molar-refractivity contribution is 5.81. The lowest BCUT2D eigenvalue weighted by Gasteiger charge is -2.41. The minimum Gasteiger partial charge on any atom is -0.466 e. The molecule has 0 N–H and O–H groups in total. The maximum absolute atomic E-state index is 14.4. The fourth-order valence-corrected chi connectivity index (χ4v) is 5.25. The molecule has 3 unspecified atom stereocenters. The first-order chi connectivity index (χ1) is 16.8. The Morgan fingerprint density at radius 3 is 2.43 bits per heavy atom. The third-order valence-electron chi connectivity index (χ3n) is 6.98. The van der Waals surface area contributed by atoms with E-state index in [4.69, 9.17) is 4.74 Å². The molecule has 0 spiro atoms. The Kier molecular flexibility index (Phi) is 8.11. The summed E-state index contributed by atoms with van der Waals surface area (Å²) in [6, 6.07) is 9.77. The van der Waals surface area contributed by atoms with Crippen LogP contribution in [0.5, 0.6) is 0 Å². The van der Waals surface area contributed by atoms with Crippen molar-refractivity contribution in [2.24, 2.45) is 11.8 Å². The Morgan fingerprint density at radius 2 is 1.71 bits per heavy atom. The number of hydrogen-bond acceptors (Lipinski definition) is 4. The van der Waals surface area contributed by atoms with Gasteiger partial charge >= 0.3 is 5.97 Å². The van der Waals surface area contributed by atoms with Crippen LogP contribution in [-0.4, -0.2) is 54.5 Å². The number of hydrogen-bond donors (Lipinski definition) is 0. The van der Waals surface area contributed by atoms with Crippen molar-refractivity contribution in [3.63, 3.8) is 0 Å². The van der Waals surface area contributed by atoms with E-state index in [1.165, 1.54) is 24.3 Å². The van der Waals surface area contributed by atoms with Crippen LogP contribution in [0.4, 0.5) is 13.2 Å². The van der Waals surface area contributed by atoms with Gasteiger partial charge in [0.1, 0.15) is 17.5 Å². The predicted molar refractivity (Wildman–Crippen MR) is 125 cm³/mol. The van der Waals surface area contributed by atoms with Crippen LogP contribution < -0.4 is 0 Å². The zero-order valence-electron chi connectivity index (χ0n) is 19.9. The third-order valence-corrected chi connectivity index (χ3v) is 6.98. The Bertz CT molecular complexity index is 1050. The zero-order chi connectivity index (χ0) is 24.9. The van der Waals surface area contributed by atoms with Crippen LogP contribution in [0.2, 0.25) is 0 Å². The van der Waals surface area contributed by atoms with Crippen molar-refractivity contribution in [1.29, 1.82) is 0 Å². The second-order valence-electron chi connectivity index (χ2n) is 9.49. The largest absolute Gasteiger partial charge is 0.466 e. The number of ether oxygens (including phenoxy) is 1. The van der Waals surface area contributed by atoms with Gasteiger partial charge in [0.15, 0.2) is 0 Å². The van der Waals surface area contributed by atoms with Crippen LogP contribution in [0.3, 0.4) is 0 Å². The Hall–Kier alpha value is -2.87. The van der Waals surface area contributed by atoms with Gasteiger partial charge < -0.3 is 9.64 Å². The second kappa shape index (κ2) is 11.2. The lowest BCUT2D eigenvalue weighted by molar-refractivity contribution is -0.152. The topological polar surface area (TPSA) is 49.9 Å². The van der Waals surface area contributed by atoms with Crippen molar-refractivity contribution in [3.8, 4) is 0 Å². The molecular formula is C27H31F3N2O3. The molecule has 5 nitrogen and oxygen atoms in total. The zero-order valence-corrected chi connectivity index (χ0v) is 19.9. The molecule has 2 fully saturated rings. The molecule has 188 valence electrons. The number of rotatable bonds is 6. The van der Waals surface area contributed by atoms with Crippen LogP contribution in [0, 0.1) is 29.3 Å². The quantitative estimate of drug-likeness (QED) is 0.562. The number of esters is 1. The van der Waals surface area contributed by atoms with Gasteiger partial charge in [-0.15, -0.1) is 0 Å². The van der Waals surface area contributed by atoms with Crippen molar-refractivity contribution < 1.29 is 27.5 Å². The molecule has 2 aromatic rings. The Labute approximate surface area is 203 Å². The molecule has 0 aromatic heterocycles. The fraction of sp³-hybridized carbons (Fsp3) is 0.481. The van der Waals surface area contributed by atoms with E-state index in [0.717, 1.165) is 18.1 Å². The molecule has 0 saturated carbocycles. The van der Waals surface area contributed by atoms with Crippen molar-refractivity contribution in [3.05, 3.63) is 71.0 Å². The summed E-state index contributed by atoms with van der Waals surface area (Å²) >= 11 is 0. The highest BCUT2D eigenvalue weighted by Crippen LogP contribution is 2.33. The van der Waals surface area contributed by atoms with Gasteiger partial charge in [0, 0.05) is 44.4 Å². The normalized spacial score (nSPS) is 23.2. The van der Waals surface area contributed by atoms with Gasteiger partial charge in [-0.05, 0) is 55.9 Å². The van der Waals surface area contributed by atoms with E-state index >= 15 is 0 Å². The number of carbonyl (C=O) groups is 2. The summed E-state index contributed by atoms with van der Waals surface area (Å²) in [6.45, 7) is 4.21. The third kappa shape index (κ3) is 6.23. The molecule has 2 aromatic carbocycles. The van der Waals surface area contributed by atoms with Gasteiger partial charge in [0.2, 0.25) is 5.91 Å². The average molecular weight is 489 g/mol. The van der Waals surface area contributed by atoms with E-state index in [1.54, 1.807) is 24.0 Å². The molecule has 2 saturated heterocycles. The molecular weight excluding hydrogens is 457 g/mol. The number of likely N-dealkylation sites (tertiary alicyclic amines) is 2. The summed E-state index contributed by atoms with van der Waals surface area (Å²) in [7, 11) is 0. The standard InChI is InChI=1S/C27H31F3N2O3/c1-2-35-27(34)20-4-3-11-32(17-20)26(33)22-12-21(18-5-8-23(28)9-6-18)15-31(16-22)14-19-7-10-24(29)13-25(19)30/h5-10,13,20-22H,2-4,11-12,14-17H2,1H3. The first-order valence-electron chi connectivity index (χ1n) is 12.2. The van der Waals surface area contributed by atoms with Gasteiger partial charge in [0.25, 0.3) is 0 Å². The van der Waals surface area contributed by atoms with Crippen LogP contribution in [-0.2, 0) is 20.9 Å². The van der Waals surface area contributed by atoms with Crippen molar-refractivity contribution in [2.45, 2.75) is 38.6 Å². The van der Waals surface area contributed by atoms with E-state index in [9.17, 15) is 22.8 Å². The second-order valence-corrected chi connectivity index (χ2v) is 9.49. The molecule has 0 radical (unpaired) electrons. The molecule has 0 aliphatic carbocycles. The van der Waals surface area contributed by atoms with Gasteiger partial charge in [-0.1, -0.05) is 18.2 Å². The van der Waals surface area contributed by atoms with Gasteiger partial charge in [-0.2, -0.15) is 0 Å². The summed E-state index contributed by atoms with van der Waals surface area (Å²) in [5, 5.41) is 0. The van der Waals surface area contributed by atoms with Gasteiger partial charge in [-0.25, -0.2) is 13.2 Å². The summed E-state index contributed by atoms with van der Waals surface area (Å²) < 4.78 is 46.4. The molecule has 4 rings (SSSR count). The summed E-state index contributed by atoms with van der Waals surface area (Å²) in [6.07, 6.45) is 2.00. The molecule has 2 aliphatic heterocycles. The van der Waals surface area contributed by atoms with E-state index < -0.39 is 11.6 Å². The highest BCUT2D eigenvalue weighted by Gasteiger charge is 2.37. The van der Waals surface area contributed by atoms with Crippen molar-refractivity contribution in [1.82, 2.24) is 9.80 Å². The van der Waals surface area contributed by atoms with Gasteiger partial charge in [0.05, 0.1) is 18.4 Å². The molecule has 1 amide bonds. The Morgan fingerprint density at radius 1 is 0.971 bits per heavy atom. The smallest absolute Gasteiger partial charge is 0.310 e. The first kappa shape index (κ1) is 25.2. The molecule has 0 bridgehead atoms. The van der Waals surface area contributed by atoms with Crippen LogP contribution in [0.25, 0.3) is 0 Å². The van der Waals surface area contributed by atoms with Crippen LogP contribution in [0.15, 0.2) is 42.5 Å². The van der Waals surface area contributed by atoms with Crippen molar-refractivity contribution >= 4 is 11.9 Å². The number of halogens is 3. The molecule has 35 heavy (non-hydrogen) atoms. The predicted octanol–water partition coefficient (Wildman–Crippen LogP) is 4.51. The minimum atomic E-state index is -0.636. The van der Waals surface area contributed by atoms with E-state index in [1.807, 2.05) is 4.90 Å². The van der Waals surface area contributed by atoms with Crippen LogP contribution >= 0.6 is 0 Å². The molecule has 3 atom stereocenters.